The van der Waals surface area contributed by atoms with Crippen LogP contribution in [0.2, 0.25) is 0 Å². The third-order valence-electron chi connectivity index (χ3n) is 1.32. The van der Waals surface area contributed by atoms with E-state index in [9.17, 15) is 4.79 Å². The Labute approximate surface area is 87.3 Å². The van der Waals surface area contributed by atoms with Crippen LogP contribution in [0.1, 0.15) is 27.7 Å². The molecule has 1 N–H and O–H groups in total. The van der Waals surface area contributed by atoms with Crippen LogP contribution in [-0.4, -0.2) is 25.4 Å². The molecular formula is C9H20NO3P. The molecule has 0 aliphatic rings. The van der Waals surface area contributed by atoms with Gasteiger partial charge in [0.25, 0.3) is 14.0 Å². The van der Waals surface area contributed by atoms with Gasteiger partial charge in [-0.1, -0.05) is 13.8 Å². The third-order valence-corrected chi connectivity index (χ3v) is 2.80. The molecule has 14 heavy (non-hydrogen) atoms. The van der Waals surface area contributed by atoms with Crippen molar-refractivity contribution in [2.45, 2.75) is 27.7 Å². The molecule has 0 aromatic heterocycles. The monoisotopic (exact) mass is 221 g/mol. The minimum absolute atomic E-state index is 0.127. The molecule has 0 aromatic carbocycles. The molecular weight excluding hydrogens is 201 g/mol. The fourth-order valence-corrected chi connectivity index (χ4v) is 1.74. The molecule has 0 aliphatic carbocycles. The summed E-state index contributed by atoms with van der Waals surface area (Å²) in [6.45, 7) is 9.46. The first-order valence-electron chi connectivity index (χ1n) is 4.95. The zero-order chi connectivity index (χ0) is 11.0. The number of hydrogen-bond acceptors (Lipinski definition) is 3. The fraction of sp³-hybridized carbons (Fsp3) is 0.889. The molecule has 0 bridgehead atoms. The van der Waals surface area contributed by atoms with Crippen molar-refractivity contribution in [1.82, 2.24) is 5.32 Å². The van der Waals surface area contributed by atoms with Crippen LogP contribution in [0.3, 0.4) is 0 Å². The van der Waals surface area contributed by atoms with Crippen molar-refractivity contribution in [2.75, 3.05) is 19.8 Å². The van der Waals surface area contributed by atoms with Crippen molar-refractivity contribution in [1.29, 1.82) is 0 Å². The molecule has 0 radical (unpaired) electrons. The minimum atomic E-state index is -1.40. The van der Waals surface area contributed by atoms with Crippen molar-refractivity contribution >= 4 is 14.0 Å². The second kappa shape index (κ2) is 8.16. The minimum Gasteiger partial charge on any atom is -0.348 e. The van der Waals surface area contributed by atoms with E-state index in [0.29, 0.717) is 25.7 Å². The lowest BCUT2D eigenvalue weighted by atomic mass is 10.2. The predicted octanol–water partition coefficient (Wildman–Crippen LogP) is 2.74. The van der Waals surface area contributed by atoms with Crippen molar-refractivity contribution in [2.24, 2.45) is 5.92 Å². The summed E-state index contributed by atoms with van der Waals surface area (Å²) in [7, 11) is -1.40. The Balaban J connectivity index is 3.88. The normalized spacial score (nSPS) is 11.0. The number of hydrogen-bond donors (Lipinski definition) is 1. The first-order valence-corrected chi connectivity index (χ1v) is 6.13. The van der Waals surface area contributed by atoms with E-state index in [0.717, 1.165) is 0 Å². The SMILES string of the molecule is CCOP(OCC)C(=O)NCC(C)C. The van der Waals surface area contributed by atoms with Crippen molar-refractivity contribution in [3.05, 3.63) is 0 Å². The average molecular weight is 221 g/mol. The maximum atomic E-state index is 11.5. The molecule has 0 aliphatic heterocycles. The van der Waals surface area contributed by atoms with E-state index in [1.54, 1.807) is 0 Å². The van der Waals surface area contributed by atoms with E-state index in [1.807, 2.05) is 27.7 Å². The van der Waals surface area contributed by atoms with Gasteiger partial charge >= 0.3 is 0 Å². The Kier molecular flexibility index (Phi) is 8.05. The highest BCUT2D eigenvalue weighted by Crippen LogP contribution is 2.38. The molecule has 0 saturated heterocycles. The summed E-state index contributed by atoms with van der Waals surface area (Å²) in [5.74, 6) is 0.444. The second-order valence-corrected chi connectivity index (χ2v) is 4.61. The van der Waals surface area contributed by atoms with Crippen LogP contribution in [-0.2, 0) is 9.05 Å². The quantitative estimate of drug-likeness (QED) is 0.672. The zero-order valence-electron chi connectivity index (χ0n) is 9.37. The van der Waals surface area contributed by atoms with Crippen LogP contribution in [0.4, 0.5) is 4.79 Å². The van der Waals surface area contributed by atoms with Crippen molar-refractivity contribution in [3.63, 3.8) is 0 Å². The molecule has 0 rings (SSSR count). The van der Waals surface area contributed by atoms with Gasteiger partial charge < -0.3 is 14.4 Å². The van der Waals surface area contributed by atoms with E-state index in [4.69, 9.17) is 9.05 Å². The highest BCUT2D eigenvalue weighted by atomic mass is 31.2. The van der Waals surface area contributed by atoms with Gasteiger partial charge in [-0.05, 0) is 19.8 Å². The van der Waals surface area contributed by atoms with Gasteiger partial charge in [-0.3, -0.25) is 4.79 Å². The van der Waals surface area contributed by atoms with Gasteiger partial charge in [-0.15, -0.1) is 0 Å². The maximum Gasteiger partial charge on any atom is 0.298 e. The smallest absolute Gasteiger partial charge is 0.298 e. The van der Waals surface area contributed by atoms with Gasteiger partial charge in [0.1, 0.15) is 0 Å². The standard InChI is InChI=1S/C9H20NO3P/c1-5-12-14(13-6-2)9(11)10-7-8(3)4/h8H,5-7H2,1-4H3,(H,10,11). The maximum absolute atomic E-state index is 11.5. The van der Waals surface area contributed by atoms with Crippen LogP contribution in [0.15, 0.2) is 0 Å². The van der Waals surface area contributed by atoms with Crippen LogP contribution >= 0.6 is 8.38 Å². The largest absolute Gasteiger partial charge is 0.348 e. The Hall–Kier alpha value is -0.180. The highest BCUT2D eigenvalue weighted by molar-refractivity contribution is 7.65. The van der Waals surface area contributed by atoms with Gasteiger partial charge in [0.05, 0.1) is 13.2 Å². The third kappa shape index (κ3) is 6.30. The number of nitrogens with one attached hydrogen (secondary N) is 1. The van der Waals surface area contributed by atoms with Gasteiger partial charge in [-0.25, -0.2) is 0 Å². The predicted molar refractivity (Wildman–Crippen MR) is 58.4 cm³/mol. The zero-order valence-corrected chi connectivity index (χ0v) is 10.3. The molecule has 84 valence electrons. The molecule has 1 amide bonds. The van der Waals surface area contributed by atoms with Crippen LogP contribution in [0.5, 0.6) is 0 Å². The Morgan fingerprint density at radius 3 is 2.14 bits per heavy atom. The molecule has 0 atom stereocenters. The number of carbonyl (C=O) groups excluding carboxylic acids is 1. The fourth-order valence-electron chi connectivity index (χ4n) is 0.745. The number of rotatable bonds is 7. The summed E-state index contributed by atoms with van der Waals surface area (Å²) in [6.07, 6.45) is 0. The molecule has 4 nitrogen and oxygen atoms in total. The Morgan fingerprint density at radius 2 is 1.79 bits per heavy atom. The van der Waals surface area contributed by atoms with Gasteiger partial charge in [0.15, 0.2) is 0 Å². The van der Waals surface area contributed by atoms with Gasteiger partial charge in [0.2, 0.25) is 0 Å². The highest BCUT2D eigenvalue weighted by Gasteiger charge is 2.19. The Bertz CT molecular complexity index is 158. The molecule has 0 fully saturated rings. The Morgan fingerprint density at radius 1 is 1.29 bits per heavy atom. The average Bonchev–Trinajstić information content (AvgIpc) is 2.14. The molecule has 0 saturated carbocycles. The summed E-state index contributed by atoms with van der Waals surface area (Å²) in [5, 5.41) is 2.79. The molecule has 0 aromatic rings. The first-order chi connectivity index (χ1) is 6.61. The van der Waals surface area contributed by atoms with E-state index in [-0.39, 0.29) is 5.65 Å². The van der Waals surface area contributed by atoms with Crippen molar-refractivity contribution < 1.29 is 13.8 Å². The summed E-state index contributed by atoms with van der Waals surface area (Å²) in [4.78, 5) is 11.5. The van der Waals surface area contributed by atoms with E-state index in [2.05, 4.69) is 5.32 Å². The van der Waals surface area contributed by atoms with Gasteiger partial charge in [-0.2, -0.15) is 0 Å². The molecule has 0 heterocycles. The number of amides is 1. The summed E-state index contributed by atoms with van der Waals surface area (Å²) in [5.41, 5.74) is -0.127. The topological polar surface area (TPSA) is 47.6 Å². The second-order valence-electron chi connectivity index (χ2n) is 3.17. The molecule has 0 unspecified atom stereocenters. The van der Waals surface area contributed by atoms with Crippen LogP contribution in [0.25, 0.3) is 0 Å². The summed E-state index contributed by atoms with van der Waals surface area (Å²) < 4.78 is 10.4. The summed E-state index contributed by atoms with van der Waals surface area (Å²) >= 11 is 0. The van der Waals surface area contributed by atoms with Crippen LogP contribution in [0, 0.1) is 5.92 Å². The van der Waals surface area contributed by atoms with E-state index < -0.39 is 8.38 Å². The van der Waals surface area contributed by atoms with E-state index in [1.165, 1.54) is 0 Å². The summed E-state index contributed by atoms with van der Waals surface area (Å²) in [6, 6.07) is 0. The lowest BCUT2D eigenvalue weighted by Crippen LogP contribution is -2.25. The van der Waals surface area contributed by atoms with Crippen LogP contribution < -0.4 is 5.32 Å². The number of carbonyl (C=O) groups is 1. The lowest BCUT2D eigenvalue weighted by Gasteiger charge is -2.15. The lowest BCUT2D eigenvalue weighted by molar-refractivity contribution is 0.235. The van der Waals surface area contributed by atoms with Crippen molar-refractivity contribution in [3.8, 4) is 0 Å². The van der Waals surface area contributed by atoms with E-state index >= 15 is 0 Å². The molecule has 5 heteroatoms. The van der Waals surface area contributed by atoms with Gasteiger partial charge in [0, 0.05) is 6.54 Å². The molecule has 0 spiro atoms. The first kappa shape index (κ1) is 13.8.